The number of hydrogen-bond donors (Lipinski definition) is 0. The van der Waals surface area contributed by atoms with Crippen LogP contribution in [0.2, 0.25) is 5.02 Å². The van der Waals surface area contributed by atoms with Crippen LogP contribution in [0.25, 0.3) is 0 Å². The molecule has 0 aromatic heterocycles. The zero-order chi connectivity index (χ0) is 18.3. The molecule has 142 valence electrons. The molecule has 2 fully saturated rings. The monoisotopic (exact) mass is 401 g/mol. The van der Waals surface area contributed by atoms with E-state index in [1.165, 1.54) is 0 Å². The number of nitrogens with zero attached hydrogens (tertiary/aromatic N) is 1. The van der Waals surface area contributed by atoms with Gasteiger partial charge in [-0.1, -0.05) is 11.6 Å². The molecule has 2 saturated heterocycles. The van der Waals surface area contributed by atoms with Crippen molar-refractivity contribution in [2.75, 3.05) is 31.5 Å². The summed E-state index contributed by atoms with van der Waals surface area (Å²) in [6.45, 7) is 1.11. The molecule has 0 bridgehead atoms. The summed E-state index contributed by atoms with van der Waals surface area (Å²) in [5, 5.41) is 0.305. The van der Waals surface area contributed by atoms with Gasteiger partial charge in [-0.05, 0) is 31.4 Å². The van der Waals surface area contributed by atoms with Gasteiger partial charge in [-0.15, -0.1) is 0 Å². The van der Waals surface area contributed by atoms with Gasteiger partial charge in [0.2, 0.25) is 6.79 Å². The predicted octanol–water partition coefficient (Wildman–Crippen LogP) is 1.88. The molecule has 26 heavy (non-hydrogen) atoms. The maximum atomic E-state index is 13.2. The van der Waals surface area contributed by atoms with E-state index < -0.39 is 9.84 Å². The molecule has 0 radical (unpaired) electrons. The fraction of sp³-hybridized carbons (Fsp3) is 0.588. The summed E-state index contributed by atoms with van der Waals surface area (Å²) in [4.78, 5) is 14.8. The van der Waals surface area contributed by atoms with E-state index in [1.807, 2.05) is 0 Å². The minimum absolute atomic E-state index is 0.0102. The topological polar surface area (TPSA) is 82.1 Å². The van der Waals surface area contributed by atoms with Gasteiger partial charge in [0.05, 0.1) is 22.6 Å². The molecular weight excluding hydrogens is 382 g/mol. The van der Waals surface area contributed by atoms with Crippen LogP contribution >= 0.6 is 11.6 Å². The Balaban J connectivity index is 1.62. The van der Waals surface area contributed by atoms with E-state index in [0.717, 1.165) is 12.8 Å². The van der Waals surface area contributed by atoms with Crippen molar-refractivity contribution in [3.8, 4) is 11.5 Å². The van der Waals surface area contributed by atoms with Crippen LogP contribution in [-0.2, 0) is 14.6 Å². The zero-order valence-corrected chi connectivity index (χ0v) is 15.7. The zero-order valence-electron chi connectivity index (χ0n) is 14.1. The van der Waals surface area contributed by atoms with E-state index in [1.54, 1.807) is 17.0 Å². The molecule has 0 aliphatic carbocycles. The maximum absolute atomic E-state index is 13.2. The van der Waals surface area contributed by atoms with Crippen molar-refractivity contribution in [1.82, 2.24) is 4.90 Å². The van der Waals surface area contributed by atoms with E-state index in [0.29, 0.717) is 41.7 Å². The van der Waals surface area contributed by atoms with Crippen LogP contribution in [-0.4, -0.2) is 62.8 Å². The first-order chi connectivity index (χ1) is 12.4. The summed E-state index contributed by atoms with van der Waals surface area (Å²) in [5.74, 6) is 0.690. The summed E-state index contributed by atoms with van der Waals surface area (Å²) in [6, 6.07) is 2.80. The normalized spacial score (nSPS) is 26.2. The Morgan fingerprint density at radius 3 is 2.81 bits per heavy atom. The molecule has 3 heterocycles. The number of hydrogen-bond acceptors (Lipinski definition) is 6. The van der Waals surface area contributed by atoms with E-state index in [4.69, 9.17) is 25.8 Å². The lowest BCUT2D eigenvalue weighted by atomic mass is 10.1. The molecule has 3 aliphatic heterocycles. The fourth-order valence-electron chi connectivity index (χ4n) is 3.68. The van der Waals surface area contributed by atoms with Crippen molar-refractivity contribution in [1.29, 1.82) is 0 Å². The summed E-state index contributed by atoms with van der Waals surface area (Å²) < 4.78 is 40.1. The molecular formula is C17H20ClNO6S. The second-order valence-electron chi connectivity index (χ2n) is 6.84. The minimum Gasteiger partial charge on any atom is -0.454 e. The van der Waals surface area contributed by atoms with E-state index in [-0.39, 0.29) is 36.4 Å². The molecule has 0 spiro atoms. The molecule has 4 rings (SSSR count). The Bertz CT molecular complexity index is 821. The second-order valence-corrected chi connectivity index (χ2v) is 9.48. The number of fused-ring (bicyclic) bond motifs is 1. The van der Waals surface area contributed by atoms with Gasteiger partial charge in [0, 0.05) is 24.8 Å². The first kappa shape index (κ1) is 17.9. The lowest BCUT2D eigenvalue weighted by Gasteiger charge is -2.30. The van der Waals surface area contributed by atoms with Gasteiger partial charge in [-0.2, -0.15) is 0 Å². The van der Waals surface area contributed by atoms with Crippen LogP contribution < -0.4 is 9.47 Å². The highest BCUT2D eigenvalue weighted by Gasteiger charge is 2.37. The van der Waals surface area contributed by atoms with Crippen LogP contribution in [0, 0.1) is 0 Å². The molecule has 2 atom stereocenters. The first-order valence-electron chi connectivity index (χ1n) is 8.65. The fourth-order valence-corrected chi connectivity index (χ4v) is 5.68. The van der Waals surface area contributed by atoms with Gasteiger partial charge >= 0.3 is 0 Å². The number of rotatable bonds is 4. The molecule has 1 amide bonds. The highest BCUT2D eigenvalue weighted by Crippen LogP contribution is 2.40. The number of benzene rings is 1. The Labute approximate surface area is 157 Å². The van der Waals surface area contributed by atoms with Gasteiger partial charge in [0.1, 0.15) is 0 Å². The lowest BCUT2D eigenvalue weighted by Crippen LogP contribution is -2.45. The molecule has 0 unspecified atom stereocenters. The largest absolute Gasteiger partial charge is 0.454 e. The van der Waals surface area contributed by atoms with Gasteiger partial charge in [-0.25, -0.2) is 8.42 Å². The van der Waals surface area contributed by atoms with Gasteiger partial charge in [-0.3, -0.25) is 4.79 Å². The number of carbonyl (C=O) groups excluding carboxylic acids is 1. The van der Waals surface area contributed by atoms with Crippen molar-refractivity contribution in [2.45, 2.75) is 31.4 Å². The predicted molar refractivity (Wildman–Crippen MR) is 94.6 cm³/mol. The minimum atomic E-state index is -3.11. The third-order valence-electron chi connectivity index (χ3n) is 5.01. The summed E-state index contributed by atoms with van der Waals surface area (Å²) in [7, 11) is -3.11. The van der Waals surface area contributed by atoms with E-state index >= 15 is 0 Å². The molecule has 7 nitrogen and oxygen atoms in total. The molecule has 0 saturated carbocycles. The molecule has 9 heteroatoms. The van der Waals surface area contributed by atoms with Crippen molar-refractivity contribution >= 4 is 27.3 Å². The highest BCUT2D eigenvalue weighted by atomic mass is 35.5. The maximum Gasteiger partial charge on any atom is 0.254 e. The van der Waals surface area contributed by atoms with Gasteiger partial charge < -0.3 is 19.1 Å². The smallest absolute Gasteiger partial charge is 0.254 e. The lowest BCUT2D eigenvalue weighted by molar-refractivity contribution is 0.0441. The van der Waals surface area contributed by atoms with E-state index in [9.17, 15) is 13.2 Å². The third kappa shape index (κ3) is 3.50. The van der Waals surface area contributed by atoms with Crippen molar-refractivity contribution in [3.05, 3.63) is 22.7 Å². The number of carbonyl (C=O) groups is 1. The highest BCUT2D eigenvalue weighted by molar-refractivity contribution is 7.91. The Kier molecular flexibility index (Phi) is 4.75. The van der Waals surface area contributed by atoms with Crippen LogP contribution in [0.1, 0.15) is 29.6 Å². The van der Waals surface area contributed by atoms with E-state index in [2.05, 4.69) is 0 Å². The molecule has 1 aromatic carbocycles. The quantitative estimate of drug-likeness (QED) is 0.766. The molecule has 0 N–H and O–H groups in total. The Hall–Kier alpha value is -1.51. The summed E-state index contributed by atoms with van der Waals surface area (Å²) in [6.07, 6.45) is 2.20. The molecule has 1 aromatic rings. The summed E-state index contributed by atoms with van der Waals surface area (Å²) >= 11 is 6.20. The SMILES string of the molecule is O=C(c1cc(Cl)c2c(c1)OCO2)N(C[C@H]1CCCO1)[C@H]1CCS(=O)(=O)C1. The Morgan fingerprint density at radius 1 is 1.27 bits per heavy atom. The van der Waals surface area contributed by atoms with Crippen molar-refractivity contribution < 1.29 is 27.4 Å². The summed E-state index contributed by atoms with van der Waals surface area (Å²) in [5.41, 5.74) is 0.363. The third-order valence-corrected chi connectivity index (χ3v) is 7.04. The van der Waals surface area contributed by atoms with Gasteiger partial charge in [0.25, 0.3) is 5.91 Å². The van der Waals surface area contributed by atoms with Crippen molar-refractivity contribution in [2.24, 2.45) is 0 Å². The van der Waals surface area contributed by atoms with Crippen LogP contribution in [0.4, 0.5) is 0 Å². The number of amides is 1. The number of sulfone groups is 1. The van der Waals surface area contributed by atoms with Crippen LogP contribution in [0.15, 0.2) is 12.1 Å². The first-order valence-corrected chi connectivity index (χ1v) is 10.8. The van der Waals surface area contributed by atoms with Crippen molar-refractivity contribution in [3.63, 3.8) is 0 Å². The van der Waals surface area contributed by atoms with Crippen LogP contribution in [0.5, 0.6) is 11.5 Å². The molecule has 3 aliphatic rings. The van der Waals surface area contributed by atoms with Gasteiger partial charge in [0.15, 0.2) is 21.3 Å². The average molecular weight is 402 g/mol. The van der Waals surface area contributed by atoms with Crippen LogP contribution in [0.3, 0.4) is 0 Å². The number of halogens is 1. The second kappa shape index (κ2) is 6.90. The average Bonchev–Trinajstić information content (AvgIpc) is 3.32. The Morgan fingerprint density at radius 2 is 2.12 bits per heavy atom. The number of ether oxygens (including phenoxy) is 3. The standard InChI is InChI=1S/C17H20ClNO6S/c18-14-6-11(7-15-16(14)25-10-24-15)17(20)19(8-13-2-1-4-23-13)12-3-5-26(21,22)9-12/h6-7,12-13H,1-5,8-10H2/t12-,13+/m0/s1.